The zero-order valence-electron chi connectivity index (χ0n) is 9.59. The summed E-state index contributed by atoms with van der Waals surface area (Å²) >= 11 is 3.10. The zero-order chi connectivity index (χ0) is 12.4. The topological polar surface area (TPSA) is 41.5 Å². The second kappa shape index (κ2) is 5.23. The highest BCUT2D eigenvalue weighted by Crippen LogP contribution is 2.37. The van der Waals surface area contributed by atoms with Gasteiger partial charge in [-0.1, -0.05) is 0 Å². The molecule has 94 valence electrons. The molecule has 1 atom stereocenters. The van der Waals surface area contributed by atoms with Gasteiger partial charge in [0.1, 0.15) is 5.82 Å². The molecule has 17 heavy (non-hydrogen) atoms. The van der Waals surface area contributed by atoms with E-state index in [2.05, 4.69) is 21.2 Å². The van der Waals surface area contributed by atoms with Gasteiger partial charge in [-0.05, 0) is 41.7 Å². The number of aromatic hydroxyl groups is 1. The summed E-state index contributed by atoms with van der Waals surface area (Å²) in [6, 6.07) is 1.58. The summed E-state index contributed by atoms with van der Waals surface area (Å²) in [4.78, 5) is 0. The fraction of sp³-hybridized carbons (Fsp3) is 0.500. The minimum Gasteiger partial charge on any atom is -0.504 e. The van der Waals surface area contributed by atoms with Crippen LogP contribution in [0.4, 0.5) is 4.39 Å². The molecule has 5 heteroatoms. The molecule has 0 radical (unpaired) electrons. The molecule has 0 saturated carbocycles. The van der Waals surface area contributed by atoms with Gasteiger partial charge in [0, 0.05) is 17.7 Å². The summed E-state index contributed by atoms with van der Waals surface area (Å²) in [6.07, 6.45) is 2.66. The van der Waals surface area contributed by atoms with E-state index >= 15 is 0 Å². The molecule has 1 unspecified atom stereocenters. The van der Waals surface area contributed by atoms with Gasteiger partial charge in [0.15, 0.2) is 11.5 Å². The number of phenolic OH excluding ortho intramolecular Hbond substituents is 1. The number of methoxy groups -OCH3 is 1. The van der Waals surface area contributed by atoms with Crippen LogP contribution in [0, 0.1) is 5.82 Å². The fourth-order valence-corrected chi connectivity index (χ4v) is 2.69. The smallest absolute Gasteiger partial charge is 0.166 e. The molecule has 0 bridgehead atoms. The molecule has 3 nitrogen and oxygen atoms in total. The number of benzene rings is 1. The van der Waals surface area contributed by atoms with E-state index in [1.165, 1.54) is 13.2 Å². The fourth-order valence-electron chi connectivity index (χ4n) is 2.23. The highest BCUT2D eigenvalue weighted by molar-refractivity contribution is 9.10. The van der Waals surface area contributed by atoms with E-state index in [4.69, 9.17) is 4.74 Å². The molecule has 1 aliphatic heterocycles. The number of hydrogen-bond acceptors (Lipinski definition) is 3. The second-order valence-corrected chi connectivity index (χ2v) is 5.06. The van der Waals surface area contributed by atoms with Crippen molar-refractivity contribution in [3.05, 3.63) is 21.9 Å². The Balaban J connectivity index is 2.35. The van der Waals surface area contributed by atoms with Crippen molar-refractivity contribution in [3.8, 4) is 11.5 Å². The van der Waals surface area contributed by atoms with E-state index in [1.54, 1.807) is 0 Å². The third-order valence-electron chi connectivity index (χ3n) is 3.06. The van der Waals surface area contributed by atoms with Crippen LogP contribution in [0.15, 0.2) is 10.5 Å². The van der Waals surface area contributed by atoms with Gasteiger partial charge in [-0.2, -0.15) is 0 Å². The van der Waals surface area contributed by atoms with Crippen LogP contribution in [0.3, 0.4) is 0 Å². The van der Waals surface area contributed by atoms with Crippen molar-refractivity contribution in [1.29, 1.82) is 0 Å². The molecule has 0 spiro atoms. The first-order chi connectivity index (χ1) is 8.13. The minimum atomic E-state index is -0.353. The van der Waals surface area contributed by atoms with Gasteiger partial charge in [-0.25, -0.2) is 4.39 Å². The highest BCUT2D eigenvalue weighted by Gasteiger charge is 2.23. The largest absolute Gasteiger partial charge is 0.504 e. The molecule has 1 aliphatic rings. The Morgan fingerprint density at radius 3 is 3.00 bits per heavy atom. The van der Waals surface area contributed by atoms with Crippen molar-refractivity contribution in [2.24, 2.45) is 0 Å². The van der Waals surface area contributed by atoms with Crippen molar-refractivity contribution in [2.45, 2.75) is 25.3 Å². The summed E-state index contributed by atoms with van der Waals surface area (Å²) in [5.74, 6) is -0.151. The Morgan fingerprint density at radius 1 is 1.65 bits per heavy atom. The number of phenols is 1. The zero-order valence-corrected chi connectivity index (χ0v) is 11.2. The van der Waals surface area contributed by atoms with E-state index in [1.807, 2.05) is 0 Å². The summed E-state index contributed by atoms with van der Waals surface area (Å²) in [5, 5.41) is 13.0. The van der Waals surface area contributed by atoms with Crippen molar-refractivity contribution in [2.75, 3.05) is 13.7 Å². The van der Waals surface area contributed by atoms with Crippen LogP contribution in [0.1, 0.15) is 18.4 Å². The van der Waals surface area contributed by atoms with Crippen molar-refractivity contribution in [3.63, 3.8) is 0 Å². The van der Waals surface area contributed by atoms with Crippen LogP contribution in [0.5, 0.6) is 11.5 Å². The van der Waals surface area contributed by atoms with E-state index in [0.29, 0.717) is 12.0 Å². The lowest BCUT2D eigenvalue weighted by atomic mass is 10.0. The normalized spacial score (nSPS) is 19.6. The van der Waals surface area contributed by atoms with Crippen molar-refractivity contribution in [1.82, 2.24) is 5.32 Å². The van der Waals surface area contributed by atoms with Gasteiger partial charge < -0.3 is 15.2 Å². The first kappa shape index (κ1) is 12.6. The van der Waals surface area contributed by atoms with Crippen molar-refractivity contribution < 1.29 is 14.2 Å². The first-order valence-corrected chi connectivity index (χ1v) is 6.40. The van der Waals surface area contributed by atoms with Crippen LogP contribution >= 0.6 is 15.9 Å². The van der Waals surface area contributed by atoms with Crippen LogP contribution in [0.25, 0.3) is 0 Å². The predicted molar refractivity (Wildman–Crippen MR) is 67.0 cm³/mol. The van der Waals surface area contributed by atoms with Gasteiger partial charge in [0.2, 0.25) is 0 Å². The van der Waals surface area contributed by atoms with Crippen LogP contribution in [-0.2, 0) is 6.42 Å². The van der Waals surface area contributed by atoms with Crippen LogP contribution in [0.2, 0.25) is 0 Å². The van der Waals surface area contributed by atoms with E-state index in [9.17, 15) is 9.50 Å². The molecule has 2 rings (SSSR count). The molecular formula is C12H15BrFNO2. The lowest BCUT2D eigenvalue weighted by molar-refractivity contribution is 0.361. The summed E-state index contributed by atoms with van der Waals surface area (Å²) in [6.45, 7) is 0.967. The number of halogens is 2. The average molecular weight is 304 g/mol. The van der Waals surface area contributed by atoms with E-state index in [0.717, 1.165) is 19.4 Å². The monoisotopic (exact) mass is 303 g/mol. The Labute approximate surface area is 108 Å². The quantitative estimate of drug-likeness (QED) is 0.902. The number of hydrogen-bond donors (Lipinski definition) is 2. The third-order valence-corrected chi connectivity index (χ3v) is 3.64. The predicted octanol–water partition coefficient (Wildman–Crippen LogP) is 2.60. The van der Waals surface area contributed by atoms with E-state index < -0.39 is 0 Å². The van der Waals surface area contributed by atoms with Gasteiger partial charge in [0.25, 0.3) is 0 Å². The molecule has 1 saturated heterocycles. The maximum atomic E-state index is 14.0. The lowest BCUT2D eigenvalue weighted by Gasteiger charge is -2.16. The average Bonchev–Trinajstić information content (AvgIpc) is 2.78. The maximum Gasteiger partial charge on any atom is 0.166 e. The molecular weight excluding hydrogens is 289 g/mol. The van der Waals surface area contributed by atoms with E-state index in [-0.39, 0.29) is 27.8 Å². The molecule has 1 fully saturated rings. The Hall–Kier alpha value is -0.810. The number of nitrogens with one attached hydrogen (secondary N) is 1. The summed E-state index contributed by atoms with van der Waals surface area (Å²) in [5.41, 5.74) is 0.429. The molecule has 1 aromatic rings. The molecule has 2 N–H and O–H groups in total. The van der Waals surface area contributed by atoms with Gasteiger partial charge in [0.05, 0.1) is 11.6 Å². The van der Waals surface area contributed by atoms with Gasteiger partial charge in [-0.3, -0.25) is 0 Å². The highest BCUT2D eigenvalue weighted by atomic mass is 79.9. The maximum absolute atomic E-state index is 14.0. The molecule has 0 amide bonds. The summed E-state index contributed by atoms with van der Waals surface area (Å²) < 4.78 is 19.4. The van der Waals surface area contributed by atoms with Gasteiger partial charge >= 0.3 is 0 Å². The second-order valence-electron chi connectivity index (χ2n) is 4.20. The molecule has 0 aromatic heterocycles. The molecule has 1 heterocycles. The standard InChI is InChI=1S/C12H15BrFNO2/c1-17-12-8(5-7-3-2-4-15-7)11(14)9(13)6-10(12)16/h6-7,15-16H,2-5H2,1H3. The number of rotatable bonds is 3. The Morgan fingerprint density at radius 2 is 2.41 bits per heavy atom. The number of ether oxygens (including phenoxy) is 1. The lowest BCUT2D eigenvalue weighted by Crippen LogP contribution is -2.24. The van der Waals surface area contributed by atoms with Crippen molar-refractivity contribution >= 4 is 15.9 Å². The summed E-state index contributed by atoms with van der Waals surface area (Å²) in [7, 11) is 1.44. The Bertz CT molecular complexity index is 419. The van der Waals surface area contributed by atoms with Crippen LogP contribution in [-0.4, -0.2) is 24.8 Å². The van der Waals surface area contributed by atoms with Crippen LogP contribution < -0.4 is 10.1 Å². The molecule has 0 aliphatic carbocycles. The SMILES string of the molecule is COc1c(O)cc(Br)c(F)c1CC1CCCN1. The molecule has 1 aromatic carbocycles. The first-order valence-electron chi connectivity index (χ1n) is 5.60. The Kier molecular flexibility index (Phi) is 3.89. The third kappa shape index (κ3) is 2.55. The minimum absolute atomic E-state index is 0.0335. The van der Waals surface area contributed by atoms with Gasteiger partial charge in [-0.15, -0.1) is 0 Å².